The normalized spacial score (nSPS) is 22.5. The smallest absolute Gasteiger partial charge is 0.328 e. The summed E-state index contributed by atoms with van der Waals surface area (Å²) < 4.78 is 6.52. The van der Waals surface area contributed by atoms with Gasteiger partial charge in [0.1, 0.15) is 6.04 Å². The molecule has 3 atom stereocenters. The zero-order valence-corrected chi connectivity index (χ0v) is 13.2. The van der Waals surface area contributed by atoms with Gasteiger partial charge in [0.2, 0.25) is 5.91 Å². The van der Waals surface area contributed by atoms with Crippen molar-refractivity contribution in [3.63, 3.8) is 0 Å². The first-order valence-corrected chi connectivity index (χ1v) is 7.10. The quantitative estimate of drug-likeness (QED) is 0.847. The summed E-state index contributed by atoms with van der Waals surface area (Å²) in [7, 11) is 3.19. The summed E-state index contributed by atoms with van der Waals surface area (Å²) in [5, 5.41) is 6.96. The van der Waals surface area contributed by atoms with E-state index < -0.39 is 12.0 Å². The monoisotopic (exact) mass is 293 g/mol. The third-order valence-electron chi connectivity index (χ3n) is 3.87. The predicted octanol–water partition coefficient (Wildman–Crippen LogP) is 1.23. The van der Waals surface area contributed by atoms with Crippen LogP contribution in [-0.2, 0) is 21.4 Å². The van der Waals surface area contributed by atoms with E-state index in [1.807, 2.05) is 34.0 Å². The van der Waals surface area contributed by atoms with Crippen molar-refractivity contribution in [1.82, 2.24) is 15.1 Å². The molecule has 1 aliphatic rings. The van der Waals surface area contributed by atoms with E-state index in [-0.39, 0.29) is 23.2 Å². The van der Waals surface area contributed by atoms with Crippen molar-refractivity contribution in [2.24, 2.45) is 18.4 Å². The largest absolute Gasteiger partial charge is 0.467 e. The van der Waals surface area contributed by atoms with Crippen molar-refractivity contribution in [2.75, 3.05) is 7.11 Å². The summed E-state index contributed by atoms with van der Waals surface area (Å²) in [6.45, 7) is 5.71. The number of ether oxygens (including phenoxy) is 1. The molecule has 21 heavy (non-hydrogen) atoms. The maximum atomic E-state index is 12.3. The molecule has 0 aromatic carbocycles. The Morgan fingerprint density at radius 1 is 1.48 bits per heavy atom. The number of aryl methyl sites for hydroxylation is 1. The van der Waals surface area contributed by atoms with Crippen LogP contribution in [0.25, 0.3) is 0 Å². The number of hydrogen-bond donors (Lipinski definition) is 1. The van der Waals surface area contributed by atoms with Crippen molar-refractivity contribution in [3.05, 3.63) is 18.0 Å². The minimum Gasteiger partial charge on any atom is -0.467 e. The van der Waals surface area contributed by atoms with Crippen LogP contribution >= 0.6 is 0 Å². The molecule has 0 saturated heterocycles. The molecule has 1 aromatic heterocycles. The first-order valence-electron chi connectivity index (χ1n) is 7.10. The summed E-state index contributed by atoms with van der Waals surface area (Å²) in [5.41, 5.74) is 0.685. The van der Waals surface area contributed by atoms with Gasteiger partial charge < -0.3 is 10.1 Å². The van der Waals surface area contributed by atoms with Crippen molar-refractivity contribution >= 4 is 11.9 Å². The van der Waals surface area contributed by atoms with Crippen molar-refractivity contribution in [1.29, 1.82) is 0 Å². The predicted molar refractivity (Wildman–Crippen MR) is 77.5 cm³/mol. The lowest BCUT2D eigenvalue weighted by atomic mass is 9.86. The van der Waals surface area contributed by atoms with Crippen LogP contribution < -0.4 is 5.32 Å². The molecular weight excluding hydrogens is 270 g/mol. The summed E-state index contributed by atoms with van der Waals surface area (Å²) in [6, 6.07) is -0.634. The van der Waals surface area contributed by atoms with Crippen LogP contribution in [0.3, 0.4) is 0 Å². The summed E-state index contributed by atoms with van der Waals surface area (Å²) in [4.78, 5) is 24.2. The molecule has 6 heteroatoms. The van der Waals surface area contributed by atoms with Gasteiger partial charge in [-0.3, -0.25) is 9.48 Å². The first kappa shape index (κ1) is 15.5. The highest BCUT2D eigenvalue weighted by molar-refractivity contribution is 5.88. The topological polar surface area (TPSA) is 73.2 Å². The van der Waals surface area contributed by atoms with Gasteiger partial charge in [0, 0.05) is 19.2 Å². The Morgan fingerprint density at radius 2 is 2.14 bits per heavy atom. The Labute approximate surface area is 124 Å². The third kappa shape index (κ3) is 3.43. The number of esters is 1. The molecule has 1 fully saturated rings. The third-order valence-corrected chi connectivity index (χ3v) is 3.87. The lowest BCUT2D eigenvalue weighted by molar-refractivity contribution is -0.148. The standard InChI is InChI=1S/C15H23N3O3/c1-15(2,3)12(14(20)21-5)17-13(19)11-6-10(11)9-7-16-18(4)8-9/h7-8,10-12H,6H2,1-5H3,(H,17,19)/t10-,11+,12-/m0/s1. The minimum absolute atomic E-state index is 0.0799. The van der Waals surface area contributed by atoms with Crippen LogP contribution in [0.1, 0.15) is 38.7 Å². The summed E-state index contributed by atoms with van der Waals surface area (Å²) in [5.74, 6) is -0.371. The molecule has 0 aliphatic heterocycles. The lowest BCUT2D eigenvalue weighted by Gasteiger charge is -2.29. The van der Waals surface area contributed by atoms with Gasteiger partial charge in [0.15, 0.2) is 0 Å². The number of hydrogen-bond acceptors (Lipinski definition) is 4. The lowest BCUT2D eigenvalue weighted by Crippen LogP contribution is -2.50. The van der Waals surface area contributed by atoms with E-state index in [4.69, 9.17) is 4.74 Å². The Kier molecular flexibility index (Phi) is 4.07. The Morgan fingerprint density at radius 3 is 2.62 bits per heavy atom. The zero-order chi connectivity index (χ0) is 15.8. The number of rotatable bonds is 4. The molecule has 1 aliphatic carbocycles. The first-order chi connectivity index (χ1) is 9.74. The maximum absolute atomic E-state index is 12.3. The van der Waals surface area contributed by atoms with E-state index in [0.717, 1.165) is 12.0 Å². The van der Waals surface area contributed by atoms with E-state index in [1.54, 1.807) is 10.9 Å². The molecule has 1 amide bonds. The summed E-state index contributed by atoms with van der Waals surface area (Å²) in [6.07, 6.45) is 4.52. The average Bonchev–Trinajstić information content (AvgIpc) is 3.09. The van der Waals surface area contributed by atoms with Gasteiger partial charge >= 0.3 is 5.97 Å². The molecule has 0 bridgehead atoms. The fourth-order valence-electron chi connectivity index (χ4n) is 2.48. The molecule has 2 rings (SSSR count). The van der Waals surface area contributed by atoms with Crippen LogP contribution in [0.15, 0.2) is 12.4 Å². The van der Waals surface area contributed by atoms with Crippen LogP contribution in [-0.4, -0.2) is 34.8 Å². The highest BCUT2D eigenvalue weighted by Crippen LogP contribution is 2.47. The van der Waals surface area contributed by atoms with Crippen LogP contribution in [0.4, 0.5) is 0 Å². The average molecular weight is 293 g/mol. The van der Waals surface area contributed by atoms with E-state index in [2.05, 4.69) is 10.4 Å². The molecule has 1 aromatic rings. The summed E-state index contributed by atoms with van der Waals surface area (Å²) >= 11 is 0. The molecule has 116 valence electrons. The van der Waals surface area contributed by atoms with Gasteiger partial charge in [0.05, 0.1) is 13.3 Å². The molecule has 1 N–H and O–H groups in total. The highest BCUT2D eigenvalue weighted by Gasteiger charge is 2.46. The Balaban J connectivity index is 2.00. The van der Waals surface area contributed by atoms with Crippen LogP contribution in [0.5, 0.6) is 0 Å². The number of nitrogens with zero attached hydrogens (tertiary/aromatic N) is 2. The van der Waals surface area contributed by atoms with Gasteiger partial charge in [-0.05, 0) is 23.3 Å². The molecule has 0 radical (unpaired) electrons. The SMILES string of the molecule is COC(=O)[C@H](NC(=O)[C@@H]1C[C@H]1c1cnn(C)c1)C(C)(C)C. The van der Waals surface area contributed by atoms with Crippen molar-refractivity contribution in [3.8, 4) is 0 Å². The van der Waals surface area contributed by atoms with E-state index >= 15 is 0 Å². The fourth-order valence-corrected chi connectivity index (χ4v) is 2.48. The molecule has 6 nitrogen and oxygen atoms in total. The number of methoxy groups -OCH3 is 1. The maximum Gasteiger partial charge on any atom is 0.328 e. The molecule has 1 heterocycles. The van der Waals surface area contributed by atoms with E-state index in [1.165, 1.54) is 7.11 Å². The second kappa shape index (κ2) is 5.50. The second-order valence-corrected chi connectivity index (χ2v) is 6.73. The number of carbonyl (C=O) groups is 2. The number of aromatic nitrogens is 2. The van der Waals surface area contributed by atoms with Gasteiger partial charge in [-0.25, -0.2) is 4.79 Å². The second-order valence-electron chi connectivity index (χ2n) is 6.73. The van der Waals surface area contributed by atoms with E-state index in [9.17, 15) is 9.59 Å². The Hall–Kier alpha value is -1.85. The zero-order valence-electron chi connectivity index (χ0n) is 13.2. The van der Waals surface area contributed by atoms with Crippen LogP contribution in [0, 0.1) is 11.3 Å². The van der Waals surface area contributed by atoms with Gasteiger partial charge in [-0.15, -0.1) is 0 Å². The number of carbonyl (C=O) groups excluding carboxylic acids is 2. The van der Waals surface area contributed by atoms with Crippen LogP contribution in [0.2, 0.25) is 0 Å². The van der Waals surface area contributed by atoms with Gasteiger partial charge in [0.25, 0.3) is 0 Å². The van der Waals surface area contributed by atoms with E-state index in [0.29, 0.717) is 0 Å². The number of nitrogens with one attached hydrogen (secondary N) is 1. The van der Waals surface area contributed by atoms with Crippen molar-refractivity contribution in [2.45, 2.75) is 39.2 Å². The highest BCUT2D eigenvalue weighted by atomic mass is 16.5. The molecule has 1 saturated carbocycles. The van der Waals surface area contributed by atoms with Crippen molar-refractivity contribution < 1.29 is 14.3 Å². The number of amides is 1. The minimum atomic E-state index is -0.634. The fraction of sp³-hybridized carbons (Fsp3) is 0.667. The molecular formula is C15H23N3O3. The molecule has 0 unspecified atom stereocenters. The van der Waals surface area contributed by atoms with Gasteiger partial charge in [-0.2, -0.15) is 5.10 Å². The Bertz CT molecular complexity index is 545. The molecule has 0 spiro atoms. The van der Waals surface area contributed by atoms with Gasteiger partial charge in [-0.1, -0.05) is 20.8 Å².